The van der Waals surface area contributed by atoms with Crippen LogP contribution in [0.3, 0.4) is 0 Å². The first-order chi connectivity index (χ1) is 8.15. The van der Waals surface area contributed by atoms with Gasteiger partial charge in [0.15, 0.2) is 0 Å². The zero-order valence-electron chi connectivity index (χ0n) is 10.0. The van der Waals surface area contributed by atoms with Crippen molar-refractivity contribution in [2.45, 2.75) is 51.0 Å². The van der Waals surface area contributed by atoms with Crippen LogP contribution >= 0.6 is 0 Å². The van der Waals surface area contributed by atoms with Gasteiger partial charge >= 0.3 is 5.97 Å². The van der Waals surface area contributed by atoms with Crippen LogP contribution in [0.4, 0.5) is 0 Å². The summed E-state index contributed by atoms with van der Waals surface area (Å²) in [5, 5.41) is 8.63. The molecule has 4 nitrogen and oxygen atoms in total. The van der Waals surface area contributed by atoms with Crippen molar-refractivity contribution in [2.24, 2.45) is 0 Å². The Morgan fingerprint density at radius 2 is 2.00 bits per heavy atom. The third kappa shape index (κ3) is 5.39. The molecule has 0 aromatic heterocycles. The molecule has 0 aromatic carbocycles. The van der Waals surface area contributed by atoms with Crippen LogP contribution in [0.2, 0.25) is 0 Å². The highest BCUT2D eigenvalue weighted by Crippen LogP contribution is 2.27. The van der Waals surface area contributed by atoms with Crippen LogP contribution in [0, 0.1) is 12.3 Å². The van der Waals surface area contributed by atoms with E-state index >= 15 is 0 Å². The van der Waals surface area contributed by atoms with Crippen molar-refractivity contribution in [1.29, 1.82) is 0 Å². The molecule has 0 aliphatic heterocycles. The number of rotatable bonds is 8. The quantitative estimate of drug-likeness (QED) is 0.516. The van der Waals surface area contributed by atoms with Gasteiger partial charge in [-0.3, -0.25) is 9.59 Å². The van der Waals surface area contributed by atoms with Crippen LogP contribution < -0.4 is 0 Å². The lowest BCUT2D eigenvalue weighted by molar-refractivity contribution is -0.138. The van der Waals surface area contributed by atoms with Gasteiger partial charge in [0.2, 0.25) is 5.91 Å². The maximum Gasteiger partial charge on any atom is 0.305 e. The smallest absolute Gasteiger partial charge is 0.305 e. The summed E-state index contributed by atoms with van der Waals surface area (Å²) in [7, 11) is 0. The number of hydrogen-bond donors (Lipinski definition) is 1. The Hall–Kier alpha value is -1.50. The molecular weight excluding hydrogens is 218 g/mol. The minimum absolute atomic E-state index is 0.0343. The molecule has 4 heteroatoms. The second-order valence-corrected chi connectivity index (χ2v) is 4.37. The molecule has 1 aliphatic carbocycles. The normalized spacial score (nSPS) is 14.1. The van der Waals surface area contributed by atoms with Crippen molar-refractivity contribution in [1.82, 2.24) is 4.90 Å². The second kappa shape index (κ2) is 6.95. The summed E-state index contributed by atoms with van der Waals surface area (Å²) in [6.07, 6.45) is 10.0. The molecule has 0 aromatic rings. The summed E-state index contributed by atoms with van der Waals surface area (Å²) in [6, 6.07) is 0.287. The van der Waals surface area contributed by atoms with Gasteiger partial charge in [0, 0.05) is 25.4 Å². The van der Waals surface area contributed by atoms with E-state index in [1.54, 1.807) is 4.90 Å². The number of aliphatic carboxylic acids is 1. The Kier molecular flexibility index (Phi) is 5.55. The van der Waals surface area contributed by atoms with Crippen LogP contribution in [-0.4, -0.2) is 34.5 Å². The van der Waals surface area contributed by atoms with E-state index in [-0.39, 0.29) is 18.4 Å². The van der Waals surface area contributed by atoms with Crippen molar-refractivity contribution in [3.8, 4) is 12.3 Å². The fourth-order valence-electron chi connectivity index (χ4n) is 1.76. The highest BCUT2D eigenvalue weighted by molar-refractivity contribution is 5.77. The number of amides is 1. The van der Waals surface area contributed by atoms with E-state index in [1.165, 1.54) is 0 Å². The molecular formula is C13H19NO3. The van der Waals surface area contributed by atoms with E-state index in [2.05, 4.69) is 5.92 Å². The predicted octanol–water partition coefficient (Wildman–Crippen LogP) is 1.65. The first-order valence-electron chi connectivity index (χ1n) is 6.10. The SMILES string of the molecule is C#CCCCCC(=O)N(CCC(=O)O)C1CC1. The molecule has 1 rings (SSSR count). The van der Waals surface area contributed by atoms with Gasteiger partial charge in [-0.25, -0.2) is 0 Å². The van der Waals surface area contributed by atoms with Gasteiger partial charge in [-0.1, -0.05) is 0 Å². The lowest BCUT2D eigenvalue weighted by Crippen LogP contribution is -2.34. The maximum absolute atomic E-state index is 11.9. The number of nitrogens with zero attached hydrogens (tertiary/aromatic N) is 1. The van der Waals surface area contributed by atoms with Crippen LogP contribution in [0.25, 0.3) is 0 Å². The maximum atomic E-state index is 11.9. The summed E-state index contributed by atoms with van der Waals surface area (Å²) >= 11 is 0. The Bertz CT molecular complexity index is 315. The molecule has 0 bridgehead atoms. The first-order valence-corrected chi connectivity index (χ1v) is 6.10. The number of carbonyl (C=O) groups excluding carboxylic acids is 1. The monoisotopic (exact) mass is 237 g/mol. The molecule has 0 heterocycles. The summed E-state index contributed by atoms with van der Waals surface area (Å²) in [5.74, 6) is 1.77. The van der Waals surface area contributed by atoms with Crippen molar-refractivity contribution in [3.63, 3.8) is 0 Å². The predicted molar refractivity (Wildman–Crippen MR) is 64.3 cm³/mol. The summed E-state index contributed by atoms with van der Waals surface area (Å²) < 4.78 is 0. The van der Waals surface area contributed by atoms with Gasteiger partial charge in [0.25, 0.3) is 0 Å². The molecule has 1 saturated carbocycles. The number of carboxylic acids is 1. The minimum atomic E-state index is -0.851. The van der Waals surface area contributed by atoms with E-state index in [0.717, 1.165) is 25.7 Å². The standard InChI is InChI=1S/C13H19NO3/c1-2-3-4-5-6-12(15)14(11-7-8-11)10-9-13(16)17/h1,11H,3-10H2,(H,16,17). The van der Waals surface area contributed by atoms with Gasteiger partial charge in [-0.15, -0.1) is 12.3 Å². The van der Waals surface area contributed by atoms with Gasteiger partial charge < -0.3 is 10.0 Å². The van der Waals surface area contributed by atoms with E-state index in [4.69, 9.17) is 11.5 Å². The third-order valence-electron chi connectivity index (χ3n) is 2.84. The lowest BCUT2D eigenvalue weighted by Gasteiger charge is -2.21. The average molecular weight is 237 g/mol. The zero-order chi connectivity index (χ0) is 12.7. The molecule has 94 valence electrons. The fourth-order valence-corrected chi connectivity index (χ4v) is 1.76. The minimum Gasteiger partial charge on any atom is -0.481 e. The summed E-state index contributed by atoms with van der Waals surface area (Å²) in [6.45, 7) is 0.341. The average Bonchev–Trinajstić information content (AvgIpc) is 3.08. The van der Waals surface area contributed by atoms with E-state index in [0.29, 0.717) is 19.4 Å². The van der Waals surface area contributed by atoms with Crippen molar-refractivity contribution >= 4 is 11.9 Å². The van der Waals surface area contributed by atoms with Crippen LogP contribution in [0.15, 0.2) is 0 Å². The van der Waals surface area contributed by atoms with Crippen molar-refractivity contribution in [3.05, 3.63) is 0 Å². The van der Waals surface area contributed by atoms with Gasteiger partial charge in [0.1, 0.15) is 0 Å². The summed E-state index contributed by atoms with van der Waals surface area (Å²) in [5.41, 5.74) is 0. The molecule has 1 amide bonds. The van der Waals surface area contributed by atoms with Crippen LogP contribution in [-0.2, 0) is 9.59 Å². The van der Waals surface area contributed by atoms with E-state index in [1.807, 2.05) is 0 Å². The topological polar surface area (TPSA) is 57.6 Å². The van der Waals surface area contributed by atoms with Crippen molar-refractivity contribution < 1.29 is 14.7 Å². The molecule has 0 atom stereocenters. The molecule has 1 N–H and O–H groups in total. The second-order valence-electron chi connectivity index (χ2n) is 4.37. The Morgan fingerprint density at radius 1 is 1.29 bits per heavy atom. The third-order valence-corrected chi connectivity index (χ3v) is 2.84. The fraction of sp³-hybridized carbons (Fsp3) is 0.692. The molecule has 0 saturated heterocycles. The Morgan fingerprint density at radius 3 is 2.53 bits per heavy atom. The van der Waals surface area contributed by atoms with Crippen LogP contribution in [0.1, 0.15) is 44.9 Å². The zero-order valence-corrected chi connectivity index (χ0v) is 10.0. The number of terminal acetylenes is 1. The number of hydrogen-bond acceptors (Lipinski definition) is 2. The van der Waals surface area contributed by atoms with Gasteiger partial charge in [-0.05, 0) is 25.7 Å². The van der Waals surface area contributed by atoms with Crippen molar-refractivity contribution in [2.75, 3.05) is 6.54 Å². The highest BCUT2D eigenvalue weighted by atomic mass is 16.4. The molecule has 17 heavy (non-hydrogen) atoms. The Balaban J connectivity index is 2.28. The molecule has 0 spiro atoms. The van der Waals surface area contributed by atoms with Gasteiger partial charge in [0.05, 0.1) is 6.42 Å². The first kappa shape index (κ1) is 13.6. The van der Waals surface area contributed by atoms with Gasteiger partial charge in [-0.2, -0.15) is 0 Å². The molecule has 1 aliphatic rings. The number of carboxylic acid groups (broad SMARTS) is 1. The molecule has 1 fully saturated rings. The number of carbonyl (C=O) groups is 2. The van der Waals surface area contributed by atoms with E-state index in [9.17, 15) is 9.59 Å². The Labute approximate surface area is 102 Å². The summed E-state index contributed by atoms with van der Waals surface area (Å²) in [4.78, 5) is 24.1. The highest BCUT2D eigenvalue weighted by Gasteiger charge is 2.32. The van der Waals surface area contributed by atoms with E-state index < -0.39 is 5.97 Å². The number of unbranched alkanes of at least 4 members (excludes halogenated alkanes) is 2. The van der Waals surface area contributed by atoms with Crippen LogP contribution in [0.5, 0.6) is 0 Å². The largest absolute Gasteiger partial charge is 0.481 e. The lowest BCUT2D eigenvalue weighted by atomic mass is 10.2. The molecule has 0 radical (unpaired) electrons. The molecule has 0 unspecified atom stereocenters.